The van der Waals surface area contributed by atoms with Gasteiger partial charge in [0.1, 0.15) is 0 Å². The lowest BCUT2D eigenvalue weighted by atomic mass is 9.80. The summed E-state index contributed by atoms with van der Waals surface area (Å²) in [6.45, 7) is 14.2. The van der Waals surface area contributed by atoms with Crippen LogP contribution in [0.1, 0.15) is 41.0 Å². The number of anilines is 2. The molecule has 6 nitrogen and oxygen atoms in total. The van der Waals surface area contributed by atoms with Crippen LogP contribution in [0.2, 0.25) is 0 Å². The Balaban J connectivity index is 2.19. The van der Waals surface area contributed by atoms with Crippen LogP contribution in [0.5, 0.6) is 6.01 Å². The average molecular weight is 293 g/mol. The van der Waals surface area contributed by atoms with E-state index in [1.165, 1.54) is 6.42 Å². The monoisotopic (exact) mass is 293 g/mol. The Morgan fingerprint density at radius 3 is 2.57 bits per heavy atom. The molecule has 0 aromatic carbocycles. The normalized spacial score (nSPS) is 18.9. The van der Waals surface area contributed by atoms with Crippen LogP contribution in [-0.4, -0.2) is 41.2 Å². The number of hydrogen-bond acceptors (Lipinski definition) is 6. The number of nitrogens with one attached hydrogen (secondary N) is 1. The van der Waals surface area contributed by atoms with Crippen molar-refractivity contribution in [2.24, 2.45) is 11.3 Å². The number of rotatable bonds is 5. The molecule has 118 valence electrons. The second kappa shape index (κ2) is 6.45. The van der Waals surface area contributed by atoms with Crippen LogP contribution in [0.4, 0.5) is 11.9 Å². The first-order chi connectivity index (χ1) is 9.94. The van der Waals surface area contributed by atoms with E-state index in [0.29, 0.717) is 29.9 Å². The van der Waals surface area contributed by atoms with E-state index in [9.17, 15) is 0 Å². The molecule has 1 N–H and O–H groups in total. The maximum Gasteiger partial charge on any atom is 0.323 e. The van der Waals surface area contributed by atoms with Gasteiger partial charge in [0, 0.05) is 19.6 Å². The number of nitrogens with zero attached hydrogens (tertiary/aromatic N) is 4. The van der Waals surface area contributed by atoms with Crippen LogP contribution in [0.3, 0.4) is 0 Å². The molecule has 1 aliphatic heterocycles. The SMILES string of the molecule is CCNc1nc(OCC)nc(N2CCC(C(C)(C)C)C2)n1. The number of aromatic nitrogens is 3. The molecule has 1 atom stereocenters. The van der Waals surface area contributed by atoms with Gasteiger partial charge in [-0.2, -0.15) is 15.0 Å². The maximum absolute atomic E-state index is 5.46. The molecule has 0 radical (unpaired) electrons. The van der Waals surface area contributed by atoms with E-state index in [-0.39, 0.29) is 0 Å². The molecule has 2 rings (SSSR count). The van der Waals surface area contributed by atoms with Crippen molar-refractivity contribution in [1.82, 2.24) is 15.0 Å². The molecule has 1 unspecified atom stereocenters. The van der Waals surface area contributed by atoms with Crippen molar-refractivity contribution in [1.29, 1.82) is 0 Å². The number of ether oxygens (including phenoxy) is 1. The van der Waals surface area contributed by atoms with Crippen molar-refractivity contribution in [2.75, 3.05) is 36.5 Å². The van der Waals surface area contributed by atoms with Crippen LogP contribution in [-0.2, 0) is 0 Å². The van der Waals surface area contributed by atoms with E-state index >= 15 is 0 Å². The van der Waals surface area contributed by atoms with E-state index < -0.39 is 0 Å². The molecule has 1 aromatic heterocycles. The van der Waals surface area contributed by atoms with E-state index in [4.69, 9.17) is 4.74 Å². The Hall–Kier alpha value is -1.59. The van der Waals surface area contributed by atoms with Gasteiger partial charge in [0.2, 0.25) is 11.9 Å². The molecular formula is C15H27N5O. The third-order valence-electron chi connectivity index (χ3n) is 3.91. The molecule has 2 heterocycles. The fourth-order valence-electron chi connectivity index (χ4n) is 2.57. The first kappa shape index (κ1) is 15.8. The highest BCUT2D eigenvalue weighted by molar-refractivity contribution is 5.39. The highest BCUT2D eigenvalue weighted by Crippen LogP contribution is 2.35. The zero-order chi connectivity index (χ0) is 15.5. The van der Waals surface area contributed by atoms with E-state index in [1.54, 1.807) is 0 Å². The second-order valence-electron chi connectivity index (χ2n) is 6.50. The van der Waals surface area contributed by atoms with Gasteiger partial charge in [-0.1, -0.05) is 20.8 Å². The van der Waals surface area contributed by atoms with Crippen LogP contribution in [0.25, 0.3) is 0 Å². The first-order valence-electron chi connectivity index (χ1n) is 7.81. The van der Waals surface area contributed by atoms with Crippen LogP contribution >= 0.6 is 0 Å². The highest BCUT2D eigenvalue weighted by Gasteiger charge is 2.33. The average Bonchev–Trinajstić information content (AvgIpc) is 2.88. The molecule has 1 fully saturated rings. The van der Waals surface area contributed by atoms with Gasteiger partial charge in [-0.3, -0.25) is 0 Å². The Bertz CT molecular complexity index is 447. The lowest BCUT2D eigenvalue weighted by Gasteiger charge is -2.27. The summed E-state index contributed by atoms with van der Waals surface area (Å²) in [5, 5.41) is 3.14. The summed E-state index contributed by atoms with van der Waals surface area (Å²) in [6.07, 6.45) is 1.18. The van der Waals surface area contributed by atoms with Gasteiger partial charge in [-0.15, -0.1) is 0 Å². The molecule has 1 aliphatic rings. The van der Waals surface area contributed by atoms with Gasteiger partial charge in [0.15, 0.2) is 0 Å². The Labute approximate surface area is 127 Å². The van der Waals surface area contributed by atoms with Gasteiger partial charge in [0.05, 0.1) is 6.61 Å². The lowest BCUT2D eigenvalue weighted by molar-refractivity contribution is 0.263. The quantitative estimate of drug-likeness (QED) is 0.900. The summed E-state index contributed by atoms with van der Waals surface area (Å²) in [5.41, 5.74) is 0.315. The van der Waals surface area contributed by atoms with E-state index in [0.717, 1.165) is 25.6 Å². The first-order valence-corrected chi connectivity index (χ1v) is 7.81. The van der Waals surface area contributed by atoms with Crippen LogP contribution in [0, 0.1) is 11.3 Å². The lowest BCUT2D eigenvalue weighted by Crippen LogP contribution is -2.27. The molecule has 0 saturated carbocycles. The van der Waals surface area contributed by atoms with Crippen molar-refractivity contribution in [2.45, 2.75) is 41.0 Å². The third-order valence-corrected chi connectivity index (χ3v) is 3.91. The second-order valence-corrected chi connectivity index (χ2v) is 6.50. The zero-order valence-electron chi connectivity index (χ0n) is 13.8. The van der Waals surface area contributed by atoms with Gasteiger partial charge in [-0.05, 0) is 31.6 Å². The predicted molar refractivity (Wildman–Crippen MR) is 84.9 cm³/mol. The molecule has 1 saturated heterocycles. The third kappa shape index (κ3) is 3.95. The van der Waals surface area contributed by atoms with Crippen molar-refractivity contribution < 1.29 is 4.74 Å². The fraction of sp³-hybridized carbons (Fsp3) is 0.800. The minimum absolute atomic E-state index is 0.315. The smallest absolute Gasteiger partial charge is 0.323 e. The van der Waals surface area contributed by atoms with Gasteiger partial charge < -0.3 is 15.0 Å². The summed E-state index contributed by atoms with van der Waals surface area (Å²) in [7, 11) is 0. The number of hydrogen-bond donors (Lipinski definition) is 1. The summed E-state index contributed by atoms with van der Waals surface area (Å²) in [5.74, 6) is 1.97. The maximum atomic E-state index is 5.46. The van der Waals surface area contributed by atoms with Crippen LogP contribution in [0.15, 0.2) is 0 Å². The predicted octanol–water partition coefficient (Wildman–Crippen LogP) is 2.57. The molecule has 0 spiro atoms. The van der Waals surface area contributed by atoms with Gasteiger partial charge in [0.25, 0.3) is 0 Å². The topological polar surface area (TPSA) is 63.2 Å². The van der Waals surface area contributed by atoms with Crippen molar-refractivity contribution in [3.05, 3.63) is 0 Å². The van der Waals surface area contributed by atoms with Gasteiger partial charge in [-0.25, -0.2) is 0 Å². The molecule has 21 heavy (non-hydrogen) atoms. The molecule has 0 amide bonds. The summed E-state index contributed by atoms with van der Waals surface area (Å²) < 4.78 is 5.46. The van der Waals surface area contributed by atoms with Crippen molar-refractivity contribution in [3.8, 4) is 6.01 Å². The Morgan fingerprint density at radius 2 is 2.00 bits per heavy atom. The molecule has 0 bridgehead atoms. The highest BCUT2D eigenvalue weighted by atomic mass is 16.5. The minimum Gasteiger partial charge on any atom is -0.464 e. The Kier molecular flexibility index (Phi) is 4.85. The largest absolute Gasteiger partial charge is 0.464 e. The molecular weight excluding hydrogens is 266 g/mol. The molecule has 1 aromatic rings. The van der Waals surface area contributed by atoms with Crippen molar-refractivity contribution in [3.63, 3.8) is 0 Å². The van der Waals surface area contributed by atoms with E-state index in [2.05, 4.69) is 45.9 Å². The van der Waals surface area contributed by atoms with Gasteiger partial charge >= 0.3 is 6.01 Å². The summed E-state index contributed by atoms with van der Waals surface area (Å²) in [4.78, 5) is 15.5. The van der Waals surface area contributed by atoms with Crippen molar-refractivity contribution >= 4 is 11.9 Å². The molecule has 0 aliphatic carbocycles. The summed E-state index contributed by atoms with van der Waals surface area (Å²) >= 11 is 0. The zero-order valence-corrected chi connectivity index (χ0v) is 13.8. The standard InChI is InChI=1S/C15H27N5O/c1-6-16-12-17-13(19-14(18-12)21-7-2)20-9-8-11(10-20)15(3,4)5/h11H,6-10H2,1-5H3,(H,16,17,18,19). The minimum atomic E-state index is 0.315. The van der Waals surface area contributed by atoms with E-state index in [1.807, 2.05) is 13.8 Å². The summed E-state index contributed by atoms with van der Waals surface area (Å²) in [6, 6.07) is 0.401. The Morgan fingerprint density at radius 1 is 1.24 bits per heavy atom. The molecule has 6 heteroatoms. The van der Waals surface area contributed by atoms with Crippen LogP contribution < -0.4 is 15.0 Å². The fourth-order valence-corrected chi connectivity index (χ4v) is 2.57.